The smallest absolute Gasteiger partial charge is 0.243 e. The molecule has 3 unspecified atom stereocenters. The van der Waals surface area contributed by atoms with E-state index in [1.54, 1.807) is 19.2 Å². The highest BCUT2D eigenvalue weighted by Gasteiger charge is 2.43. The topological polar surface area (TPSA) is 53.1 Å². The van der Waals surface area contributed by atoms with Crippen molar-refractivity contribution in [2.24, 2.45) is 0 Å². The Balaban J connectivity index is 1.25. The molecule has 0 spiro atoms. The molecule has 36 heavy (non-hydrogen) atoms. The van der Waals surface area contributed by atoms with E-state index in [-0.39, 0.29) is 6.10 Å². The maximum atomic E-state index is 13.0. The molecular formula is C29H41N3O3S. The Morgan fingerprint density at radius 3 is 2.08 bits per heavy atom. The zero-order valence-electron chi connectivity index (χ0n) is 22.2. The van der Waals surface area contributed by atoms with Crippen molar-refractivity contribution in [2.45, 2.75) is 75.1 Å². The molecule has 0 bridgehead atoms. The number of hydrogen-bond donors (Lipinski definition) is 0. The zero-order chi connectivity index (χ0) is 25.5. The summed E-state index contributed by atoms with van der Waals surface area (Å²) in [4.78, 5) is 5.68. The summed E-state index contributed by atoms with van der Waals surface area (Å²) in [5.74, 6) is 0. The fourth-order valence-electron chi connectivity index (χ4n) is 5.82. The predicted molar refractivity (Wildman–Crippen MR) is 144 cm³/mol. The van der Waals surface area contributed by atoms with Gasteiger partial charge >= 0.3 is 0 Å². The molecule has 3 atom stereocenters. The Bertz CT molecular complexity index is 1140. The molecule has 0 saturated carbocycles. The summed E-state index contributed by atoms with van der Waals surface area (Å²) < 4.78 is 33.4. The Morgan fingerprint density at radius 2 is 1.53 bits per heavy atom. The van der Waals surface area contributed by atoms with Crippen LogP contribution in [-0.4, -0.2) is 80.0 Å². The van der Waals surface area contributed by atoms with Gasteiger partial charge in [0.25, 0.3) is 0 Å². The number of ether oxygens (including phenoxy) is 1. The largest absolute Gasteiger partial charge is 0.370 e. The fourth-order valence-corrected chi connectivity index (χ4v) is 7.34. The summed E-state index contributed by atoms with van der Waals surface area (Å²) in [6.45, 7) is 11.4. The molecule has 3 saturated heterocycles. The SMILES string of the molecule is CN(C(C)(C)C)S(=O)(=O)c1ccc(-c2ccc(C3OCC3N3CCCC3CN3CCCC3)cc2)cc1. The molecule has 6 nitrogen and oxygen atoms in total. The van der Waals surface area contributed by atoms with Gasteiger partial charge < -0.3 is 9.64 Å². The number of hydrogen-bond acceptors (Lipinski definition) is 5. The Hall–Kier alpha value is -1.77. The van der Waals surface area contributed by atoms with Crippen LogP contribution in [0.5, 0.6) is 0 Å². The first kappa shape index (κ1) is 25.9. The lowest BCUT2D eigenvalue weighted by atomic mass is 9.94. The van der Waals surface area contributed by atoms with Crippen LogP contribution in [0.4, 0.5) is 0 Å². The minimum absolute atomic E-state index is 0.138. The zero-order valence-corrected chi connectivity index (χ0v) is 23.0. The van der Waals surface area contributed by atoms with Gasteiger partial charge in [-0.05, 0) is 94.9 Å². The molecule has 3 aliphatic heterocycles. The summed E-state index contributed by atoms with van der Waals surface area (Å²) in [7, 11) is -1.89. The van der Waals surface area contributed by atoms with Gasteiger partial charge in [-0.2, -0.15) is 4.31 Å². The first-order chi connectivity index (χ1) is 17.1. The van der Waals surface area contributed by atoms with E-state index in [1.165, 1.54) is 61.7 Å². The molecule has 3 fully saturated rings. The summed E-state index contributed by atoms with van der Waals surface area (Å²) in [6.07, 6.45) is 5.42. The number of nitrogens with zero attached hydrogens (tertiary/aromatic N) is 3. The maximum Gasteiger partial charge on any atom is 0.243 e. The van der Waals surface area contributed by atoms with E-state index in [9.17, 15) is 8.42 Å². The van der Waals surface area contributed by atoms with Crippen molar-refractivity contribution < 1.29 is 13.2 Å². The fraction of sp³-hybridized carbons (Fsp3) is 0.586. The van der Waals surface area contributed by atoms with Gasteiger partial charge in [0.15, 0.2) is 0 Å². The molecule has 0 aliphatic carbocycles. The standard InChI is InChI=1S/C29H41N3O3S/c1-29(2,3)30(4)36(33,34)26-15-13-23(14-16-26)22-9-11-24(12-10-22)28-27(21-35-28)32-19-7-8-25(32)20-31-17-5-6-18-31/h9-16,25,27-28H,5-8,17-21H2,1-4H3. The van der Waals surface area contributed by atoms with E-state index in [4.69, 9.17) is 4.74 Å². The van der Waals surface area contributed by atoms with Crippen LogP contribution in [0.1, 0.15) is 58.1 Å². The first-order valence-electron chi connectivity index (χ1n) is 13.4. The highest BCUT2D eigenvalue weighted by atomic mass is 32.2. The van der Waals surface area contributed by atoms with Crippen LogP contribution in [0.2, 0.25) is 0 Å². The number of benzene rings is 2. The number of likely N-dealkylation sites (tertiary alicyclic amines) is 2. The predicted octanol–water partition coefficient (Wildman–Crippen LogP) is 4.77. The Morgan fingerprint density at radius 1 is 0.917 bits per heavy atom. The molecule has 3 heterocycles. The summed E-state index contributed by atoms with van der Waals surface area (Å²) in [6, 6.07) is 16.9. The van der Waals surface area contributed by atoms with Crippen molar-refractivity contribution in [1.82, 2.24) is 14.1 Å². The van der Waals surface area contributed by atoms with Crippen LogP contribution in [0, 0.1) is 0 Å². The van der Waals surface area contributed by atoms with Gasteiger partial charge in [0.05, 0.1) is 17.5 Å². The van der Waals surface area contributed by atoms with Crippen molar-refractivity contribution in [3.05, 3.63) is 54.1 Å². The second-order valence-corrected chi connectivity index (χ2v) is 13.6. The monoisotopic (exact) mass is 511 g/mol. The van der Waals surface area contributed by atoms with Gasteiger partial charge in [-0.25, -0.2) is 8.42 Å². The van der Waals surface area contributed by atoms with E-state index >= 15 is 0 Å². The third kappa shape index (κ3) is 5.14. The number of rotatable bonds is 7. The van der Waals surface area contributed by atoms with Crippen molar-refractivity contribution in [1.29, 1.82) is 0 Å². The number of sulfonamides is 1. The third-order valence-corrected chi connectivity index (χ3v) is 10.5. The average molecular weight is 512 g/mol. The molecule has 2 aromatic carbocycles. The van der Waals surface area contributed by atoms with Crippen LogP contribution in [0.25, 0.3) is 11.1 Å². The minimum Gasteiger partial charge on any atom is -0.370 e. The van der Waals surface area contributed by atoms with Crippen molar-refractivity contribution >= 4 is 10.0 Å². The minimum atomic E-state index is -3.53. The molecule has 3 aliphatic rings. The van der Waals surface area contributed by atoms with Gasteiger partial charge in [-0.15, -0.1) is 0 Å². The first-order valence-corrected chi connectivity index (χ1v) is 14.9. The highest BCUT2D eigenvalue weighted by molar-refractivity contribution is 7.89. The van der Waals surface area contributed by atoms with Crippen LogP contribution in [0.15, 0.2) is 53.4 Å². The van der Waals surface area contributed by atoms with E-state index < -0.39 is 15.6 Å². The van der Waals surface area contributed by atoms with Crippen LogP contribution in [0.3, 0.4) is 0 Å². The molecule has 0 aromatic heterocycles. The highest BCUT2D eigenvalue weighted by Crippen LogP contribution is 2.38. The molecule has 7 heteroatoms. The Kier molecular flexibility index (Phi) is 7.31. The average Bonchev–Trinajstić information content (AvgIpc) is 3.51. The molecule has 0 N–H and O–H groups in total. The molecule has 196 valence electrons. The second kappa shape index (κ2) is 10.2. The van der Waals surface area contributed by atoms with Gasteiger partial charge in [-0.1, -0.05) is 36.4 Å². The lowest BCUT2D eigenvalue weighted by Gasteiger charge is -2.45. The van der Waals surface area contributed by atoms with E-state index in [0.717, 1.165) is 17.7 Å². The van der Waals surface area contributed by atoms with Crippen LogP contribution in [-0.2, 0) is 14.8 Å². The summed E-state index contributed by atoms with van der Waals surface area (Å²) in [5.41, 5.74) is 2.84. The quantitative estimate of drug-likeness (QED) is 0.536. The molecular weight excluding hydrogens is 470 g/mol. The summed E-state index contributed by atoms with van der Waals surface area (Å²) >= 11 is 0. The molecule has 0 amide bonds. The van der Waals surface area contributed by atoms with Gasteiger partial charge in [0, 0.05) is 25.2 Å². The lowest BCUT2D eigenvalue weighted by molar-refractivity contribution is -0.142. The summed E-state index contributed by atoms with van der Waals surface area (Å²) in [5, 5.41) is 0. The van der Waals surface area contributed by atoms with Crippen molar-refractivity contribution in [3.8, 4) is 11.1 Å². The normalized spacial score (nSPS) is 26.0. The molecule has 5 rings (SSSR count). The van der Waals surface area contributed by atoms with Gasteiger partial charge in [-0.3, -0.25) is 4.90 Å². The van der Waals surface area contributed by atoms with Crippen LogP contribution < -0.4 is 0 Å². The van der Waals surface area contributed by atoms with E-state index in [0.29, 0.717) is 17.0 Å². The van der Waals surface area contributed by atoms with Crippen molar-refractivity contribution in [3.63, 3.8) is 0 Å². The lowest BCUT2D eigenvalue weighted by Crippen LogP contribution is -2.54. The second-order valence-electron chi connectivity index (χ2n) is 11.7. The van der Waals surface area contributed by atoms with Crippen molar-refractivity contribution in [2.75, 3.05) is 39.8 Å². The Labute approximate surface area is 217 Å². The van der Waals surface area contributed by atoms with Gasteiger partial charge in [0.2, 0.25) is 10.0 Å². The molecule has 0 radical (unpaired) electrons. The van der Waals surface area contributed by atoms with E-state index in [1.807, 2.05) is 32.9 Å². The van der Waals surface area contributed by atoms with Crippen LogP contribution >= 0.6 is 0 Å². The van der Waals surface area contributed by atoms with Gasteiger partial charge in [0.1, 0.15) is 6.10 Å². The molecule has 2 aromatic rings. The maximum absolute atomic E-state index is 13.0. The van der Waals surface area contributed by atoms with E-state index in [2.05, 4.69) is 34.1 Å². The third-order valence-electron chi connectivity index (χ3n) is 8.34.